The van der Waals surface area contributed by atoms with Gasteiger partial charge in [0.05, 0.1) is 19.6 Å². The number of amides is 1. The van der Waals surface area contributed by atoms with Gasteiger partial charge >= 0.3 is 0 Å². The molecule has 1 aromatic rings. The van der Waals surface area contributed by atoms with E-state index in [1.807, 2.05) is 0 Å². The maximum absolute atomic E-state index is 11.6. The lowest BCUT2D eigenvalue weighted by atomic mass is 10.2. The summed E-state index contributed by atoms with van der Waals surface area (Å²) in [4.78, 5) is 19.5. The Kier molecular flexibility index (Phi) is 4.30. The molecule has 1 atom stereocenters. The first-order valence-corrected chi connectivity index (χ1v) is 5.81. The topological polar surface area (TPSA) is 85.4 Å². The first-order chi connectivity index (χ1) is 8.78. The highest BCUT2D eigenvalue weighted by Crippen LogP contribution is 2.14. The molecule has 98 valence electrons. The van der Waals surface area contributed by atoms with Crippen LogP contribution in [0, 0.1) is 0 Å². The van der Waals surface area contributed by atoms with Crippen molar-refractivity contribution in [3.8, 4) is 5.88 Å². The highest BCUT2D eigenvalue weighted by molar-refractivity contribution is 5.77. The number of hydrogen-bond donors (Lipinski definition) is 2. The molecule has 2 rings (SSSR count). The third-order valence-corrected chi connectivity index (χ3v) is 2.59. The fraction of sp³-hybridized carbons (Fsp3) is 0.545. The van der Waals surface area contributed by atoms with Crippen molar-refractivity contribution < 1.29 is 14.3 Å². The van der Waals surface area contributed by atoms with Gasteiger partial charge in [-0.15, -0.1) is 0 Å². The zero-order valence-corrected chi connectivity index (χ0v) is 10.2. The minimum atomic E-state index is -0.145. The van der Waals surface area contributed by atoms with E-state index >= 15 is 0 Å². The summed E-state index contributed by atoms with van der Waals surface area (Å²) in [6.07, 6.45) is 3.86. The van der Waals surface area contributed by atoms with Crippen molar-refractivity contribution in [3.63, 3.8) is 0 Å². The van der Waals surface area contributed by atoms with Gasteiger partial charge in [-0.05, 0) is 12.8 Å². The summed E-state index contributed by atoms with van der Waals surface area (Å²) in [5.41, 5.74) is 5.16. The number of carbonyl (C=O) groups excluding carboxylic acids is 1. The van der Waals surface area contributed by atoms with Gasteiger partial charge in [-0.1, -0.05) is 0 Å². The van der Waals surface area contributed by atoms with Gasteiger partial charge in [0.1, 0.15) is 0 Å². The first-order valence-electron chi connectivity index (χ1n) is 5.81. The summed E-state index contributed by atoms with van der Waals surface area (Å²) >= 11 is 0. The van der Waals surface area contributed by atoms with Crippen LogP contribution in [-0.4, -0.2) is 35.7 Å². The van der Waals surface area contributed by atoms with Crippen molar-refractivity contribution >= 4 is 11.9 Å². The number of hydrazine groups is 1. The van der Waals surface area contributed by atoms with Crippen LogP contribution in [0.2, 0.25) is 0 Å². The predicted molar refractivity (Wildman–Crippen MR) is 63.9 cm³/mol. The predicted octanol–water partition coefficient (Wildman–Crippen LogP) is 0.497. The molecule has 0 spiro atoms. The lowest BCUT2D eigenvalue weighted by Gasteiger charge is -2.10. The average molecular weight is 252 g/mol. The van der Waals surface area contributed by atoms with Crippen LogP contribution in [0.3, 0.4) is 0 Å². The Balaban J connectivity index is 1.77. The Morgan fingerprint density at radius 2 is 2.56 bits per heavy atom. The van der Waals surface area contributed by atoms with Gasteiger partial charge in [0, 0.05) is 18.9 Å². The second-order valence-electron chi connectivity index (χ2n) is 3.93. The summed E-state index contributed by atoms with van der Waals surface area (Å²) in [6.45, 7) is 0.740. The number of methoxy groups -OCH3 is 1. The molecule has 0 aromatic carbocycles. The largest absolute Gasteiger partial charge is 0.481 e. The molecular weight excluding hydrogens is 236 g/mol. The van der Waals surface area contributed by atoms with Crippen molar-refractivity contribution in [2.45, 2.75) is 25.4 Å². The zero-order chi connectivity index (χ0) is 12.8. The van der Waals surface area contributed by atoms with E-state index in [2.05, 4.69) is 20.8 Å². The number of nitrogens with one attached hydrogen (secondary N) is 2. The summed E-state index contributed by atoms with van der Waals surface area (Å²) in [6, 6.07) is 1.62. The molecule has 2 N–H and O–H groups in total. The third kappa shape index (κ3) is 3.56. The number of aromatic nitrogens is 2. The van der Waals surface area contributed by atoms with Crippen molar-refractivity contribution in [3.05, 3.63) is 12.3 Å². The molecule has 0 saturated carbocycles. The summed E-state index contributed by atoms with van der Waals surface area (Å²) in [7, 11) is 1.52. The van der Waals surface area contributed by atoms with E-state index in [-0.39, 0.29) is 18.0 Å². The highest BCUT2D eigenvalue weighted by Gasteiger charge is 2.18. The second kappa shape index (κ2) is 6.15. The van der Waals surface area contributed by atoms with Crippen molar-refractivity contribution in [2.24, 2.45) is 0 Å². The number of rotatable bonds is 5. The molecule has 1 aromatic heterocycles. The van der Waals surface area contributed by atoms with Gasteiger partial charge in [0.25, 0.3) is 0 Å². The maximum atomic E-state index is 11.6. The molecule has 1 aliphatic rings. The van der Waals surface area contributed by atoms with E-state index in [0.29, 0.717) is 12.3 Å². The molecule has 1 saturated heterocycles. The zero-order valence-electron chi connectivity index (χ0n) is 10.2. The van der Waals surface area contributed by atoms with Gasteiger partial charge in [-0.3, -0.25) is 15.6 Å². The monoisotopic (exact) mass is 252 g/mol. The lowest BCUT2D eigenvalue weighted by molar-refractivity contribution is -0.122. The van der Waals surface area contributed by atoms with Crippen LogP contribution >= 0.6 is 0 Å². The molecule has 0 radical (unpaired) electrons. The van der Waals surface area contributed by atoms with Crippen molar-refractivity contribution in [1.82, 2.24) is 15.4 Å². The van der Waals surface area contributed by atoms with E-state index in [9.17, 15) is 4.79 Å². The maximum Gasteiger partial charge on any atom is 0.245 e. The van der Waals surface area contributed by atoms with Crippen LogP contribution in [0.15, 0.2) is 12.3 Å². The molecule has 7 heteroatoms. The molecule has 0 bridgehead atoms. The molecule has 1 amide bonds. The molecule has 0 aliphatic carbocycles. The summed E-state index contributed by atoms with van der Waals surface area (Å²) in [5.74, 6) is 0.573. The standard InChI is InChI=1S/C11H16N4O3/c1-17-10-4-5-12-11(13-10)15-14-9(16)7-8-3-2-6-18-8/h4-5,8H,2-3,6-7H2,1H3,(H,14,16)(H,12,13,15)/t8-/m1/s1. The smallest absolute Gasteiger partial charge is 0.245 e. The van der Waals surface area contributed by atoms with Crippen molar-refractivity contribution in [1.29, 1.82) is 0 Å². The van der Waals surface area contributed by atoms with E-state index in [4.69, 9.17) is 9.47 Å². The molecule has 0 unspecified atom stereocenters. The fourth-order valence-corrected chi connectivity index (χ4v) is 1.70. The Hall–Kier alpha value is -1.89. The second-order valence-corrected chi connectivity index (χ2v) is 3.93. The van der Waals surface area contributed by atoms with Gasteiger partial charge in [0.2, 0.25) is 17.7 Å². The minimum Gasteiger partial charge on any atom is -0.481 e. The van der Waals surface area contributed by atoms with Crippen LogP contribution < -0.4 is 15.6 Å². The normalized spacial score (nSPS) is 18.4. The Bertz CT molecular complexity index is 407. The van der Waals surface area contributed by atoms with Gasteiger partial charge in [-0.2, -0.15) is 4.98 Å². The van der Waals surface area contributed by atoms with Gasteiger partial charge in [0.15, 0.2) is 0 Å². The van der Waals surface area contributed by atoms with Gasteiger partial charge in [-0.25, -0.2) is 4.98 Å². The lowest BCUT2D eigenvalue weighted by Crippen LogP contribution is -2.32. The third-order valence-electron chi connectivity index (χ3n) is 2.59. The molecular formula is C11H16N4O3. The summed E-state index contributed by atoms with van der Waals surface area (Å²) < 4.78 is 10.3. The number of anilines is 1. The molecule has 2 heterocycles. The Morgan fingerprint density at radius 3 is 3.28 bits per heavy atom. The highest BCUT2D eigenvalue weighted by atomic mass is 16.5. The van der Waals surface area contributed by atoms with E-state index in [1.54, 1.807) is 12.3 Å². The number of nitrogens with zero attached hydrogens (tertiary/aromatic N) is 2. The average Bonchev–Trinajstić information content (AvgIpc) is 2.89. The Labute approximate surface area is 105 Å². The van der Waals surface area contributed by atoms with Crippen LogP contribution in [-0.2, 0) is 9.53 Å². The molecule has 18 heavy (non-hydrogen) atoms. The van der Waals surface area contributed by atoms with Crippen LogP contribution in [0.1, 0.15) is 19.3 Å². The number of ether oxygens (including phenoxy) is 2. The summed E-state index contributed by atoms with van der Waals surface area (Å²) in [5, 5.41) is 0. The van der Waals surface area contributed by atoms with E-state index < -0.39 is 0 Å². The van der Waals surface area contributed by atoms with Crippen LogP contribution in [0.5, 0.6) is 5.88 Å². The molecule has 1 aliphatic heterocycles. The molecule has 7 nitrogen and oxygen atoms in total. The SMILES string of the molecule is COc1ccnc(NNC(=O)C[C@H]2CCCO2)n1. The van der Waals surface area contributed by atoms with Gasteiger partial charge < -0.3 is 9.47 Å². The van der Waals surface area contributed by atoms with Crippen molar-refractivity contribution in [2.75, 3.05) is 19.1 Å². The quantitative estimate of drug-likeness (QED) is 0.742. The van der Waals surface area contributed by atoms with Crippen LogP contribution in [0.25, 0.3) is 0 Å². The fourth-order valence-electron chi connectivity index (χ4n) is 1.70. The van der Waals surface area contributed by atoms with Crippen LogP contribution in [0.4, 0.5) is 5.95 Å². The number of carbonyl (C=O) groups is 1. The van der Waals surface area contributed by atoms with E-state index in [1.165, 1.54) is 7.11 Å². The number of hydrogen-bond acceptors (Lipinski definition) is 6. The van der Waals surface area contributed by atoms with E-state index in [0.717, 1.165) is 19.4 Å². The minimum absolute atomic E-state index is 0.0260. The first kappa shape index (κ1) is 12.6. The Morgan fingerprint density at radius 1 is 1.67 bits per heavy atom. The molecule has 1 fully saturated rings.